The number of hydrogen-bond acceptors (Lipinski definition) is 3. The van der Waals surface area contributed by atoms with Gasteiger partial charge in [0.1, 0.15) is 5.82 Å². The lowest BCUT2D eigenvalue weighted by Crippen LogP contribution is -2.11. The van der Waals surface area contributed by atoms with Crippen LogP contribution < -0.4 is 0 Å². The van der Waals surface area contributed by atoms with Gasteiger partial charge < -0.3 is 9.30 Å². The average molecular weight is 248 g/mol. The fourth-order valence-electron chi connectivity index (χ4n) is 1.71. The van der Waals surface area contributed by atoms with E-state index in [1.54, 1.807) is 32.2 Å². The van der Waals surface area contributed by atoms with Crippen LogP contribution in [0.1, 0.15) is 17.5 Å². The summed E-state index contributed by atoms with van der Waals surface area (Å²) >= 11 is 0. The van der Waals surface area contributed by atoms with E-state index in [1.165, 1.54) is 16.8 Å². The molecule has 0 radical (unpaired) electrons. The van der Waals surface area contributed by atoms with Crippen molar-refractivity contribution in [3.8, 4) is 11.3 Å². The second-order valence-corrected chi connectivity index (χ2v) is 3.73. The number of rotatable bonds is 3. The highest BCUT2D eigenvalue weighted by Crippen LogP contribution is 2.22. The zero-order valence-electron chi connectivity index (χ0n) is 10.2. The Balaban J connectivity index is 2.43. The fourth-order valence-corrected chi connectivity index (χ4v) is 1.71. The van der Waals surface area contributed by atoms with Crippen molar-refractivity contribution in [1.29, 1.82) is 0 Å². The quantitative estimate of drug-likeness (QED) is 0.783. The third kappa shape index (κ3) is 2.11. The van der Waals surface area contributed by atoms with Crippen LogP contribution in [0.5, 0.6) is 0 Å². The van der Waals surface area contributed by atoms with Crippen LogP contribution in [-0.2, 0) is 11.8 Å². The Bertz CT molecular complexity index is 578. The molecule has 0 saturated heterocycles. The zero-order valence-corrected chi connectivity index (χ0v) is 10.2. The van der Waals surface area contributed by atoms with Gasteiger partial charge in [0, 0.05) is 12.6 Å². The molecule has 0 spiro atoms. The predicted octanol–water partition coefficient (Wildman–Crippen LogP) is 2.40. The van der Waals surface area contributed by atoms with Gasteiger partial charge in [-0.25, -0.2) is 14.2 Å². The number of carbonyl (C=O) groups excluding carboxylic acids is 1. The molecule has 0 aliphatic rings. The monoisotopic (exact) mass is 248 g/mol. The number of imidazole rings is 1. The number of esters is 1. The molecule has 0 fully saturated rings. The Labute approximate surface area is 104 Å². The molecule has 0 bridgehead atoms. The highest BCUT2D eigenvalue weighted by Gasteiger charge is 2.17. The summed E-state index contributed by atoms with van der Waals surface area (Å²) in [6.07, 6.45) is 1.46. The number of halogens is 1. The van der Waals surface area contributed by atoms with Gasteiger partial charge in [0.25, 0.3) is 0 Å². The minimum absolute atomic E-state index is 0.162. The van der Waals surface area contributed by atoms with Crippen molar-refractivity contribution in [2.75, 3.05) is 6.61 Å². The molecule has 1 heterocycles. The average Bonchev–Trinajstić information content (AvgIpc) is 2.72. The van der Waals surface area contributed by atoms with Crippen LogP contribution in [0.25, 0.3) is 11.3 Å². The van der Waals surface area contributed by atoms with Gasteiger partial charge in [0.2, 0.25) is 5.82 Å². The van der Waals surface area contributed by atoms with Gasteiger partial charge in [0.05, 0.1) is 18.5 Å². The second-order valence-electron chi connectivity index (χ2n) is 3.73. The van der Waals surface area contributed by atoms with E-state index in [0.29, 0.717) is 11.3 Å². The van der Waals surface area contributed by atoms with Crippen LogP contribution in [0.15, 0.2) is 30.5 Å². The Morgan fingerprint density at radius 1 is 1.44 bits per heavy atom. The summed E-state index contributed by atoms with van der Waals surface area (Å²) in [5.74, 6) is -0.700. The van der Waals surface area contributed by atoms with Crippen LogP contribution in [0.2, 0.25) is 0 Å². The summed E-state index contributed by atoms with van der Waals surface area (Å²) in [6, 6.07) is 6.35. The van der Waals surface area contributed by atoms with Gasteiger partial charge in [-0.3, -0.25) is 0 Å². The molecule has 2 aromatic rings. The van der Waals surface area contributed by atoms with Crippen molar-refractivity contribution >= 4 is 5.97 Å². The van der Waals surface area contributed by atoms with Gasteiger partial charge in [-0.2, -0.15) is 0 Å². The first-order chi connectivity index (χ1) is 8.65. The minimum atomic E-state index is -0.511. The van der Waals surface area contributed by atoms with E-state index in [2.05, 4.69) is 4.98 Å². The predicted molar refractivity (Wildman–Crippen MR) is 64.6 cm³/mol. The SMILES string of the molecule is CCOC(=O)c1ncc(-c2ccccc2F)n1C. The summed E-state index contributed by atoms with van der Waals surface area (Å²) in [6.45, 7) is 2.00. The Hall–Kier alpha value is -2.17. The second kappa shape index (κ2) is 5.00. The molecule has 94 valence electrons. The molecule has 5 heteroatoms. The van der Waals surface area contributed by atoms with Gasteiger partial charge in [-0.1, -0.05) is 12.1 Å². The van der Waals surface area contributed by atoms with Crippen LogP contribution in [0.3, 0.4) is 0 Å². The van der Waals surface area contributed by atoms with Crippen LogP contribution >= 0.6 is 0 Å². The molecule has 18 heavy (non-hydrogen) atoms. The van der Waals surface area contributed by atoms with E-state index in [-0.39, 0.29) is 18.2 Å². The maximum absolute atomic E-state index is 13.7. The molecule has 0 saturated carbocycles. The summed E-state index contributed by atoms with van der Waals surface area (Å²) in [7, 11) is 1.65. The highest BCUT2D eigenvalue weighted by molar-refractivity contribution is 5.86. The number of nitrogens with zero attached hydrogens (tertiary/aromatic N) is 2. The summed E-state index contributed by atoms with van der Waals surface area (Å²) in [4.78, 5) is 15.6. The van der Waals surface area contributed by atoms with Gasteiger partial charge in [-0.05, 0) is 19.1 Å². The molecule has 0 amide bonds. The van der Waals surface area contributed by atoms with Crippen molar-refractivity contribution in [3.05, 3.63) is 42.1 Å². The zero-order chi connectivity index (χ0) is 13.1. The number of benzene rings is 1. The first kappa shape index (κ1) is 12.3. The first-order valence-corrected chi connectivity index (χ1v) is 5.59. The fraction of sp³-hybridized carbons (Fsp3) is 0.231. The number of ether oxygens (including phenoxy) is 1. The number of carbonyl (C=O) groups is 1. The molecule has 1 aromatic heterocycles. The Morgan fingerprint density at radius 3 is 2.83 bits per heavy atom. The van der Waals surface area contributed by atoms with Crippen molar-refractivity contribution in [1.82, 2.24) is 9.55 Å². The van der Waals surface area contributed by atoms with Gasteiger partial charge >= 0.3 is 5.97 Å². The first-order valence-electron chi connectivity index (χ1n) is 5.59. The molecule has 0 unspecified atom stereocenters. The largest absolute Gasteiger partial charge is 0.460 e. The smallest absolute Gasteiger partial charge is 0.374 e. The third-order valence-electron chi connectivity index (χ3n) is 2.60. The molecule has 0 aliphatic heterocycles. The highest BCUT2D eigenvalue weighted by atomic mass is 19.1. The maximum Gasteiger partial charge on any atom is 0.374 e. The van der Waals surface area contributed by atoms with E-state index < -0.39 is 5.97 Å². The Kier molecular flexibility index (Phi) is 3.41. The van der Waals surface area contributed by atoms with Crippen molar-refractivity contribution < 1.29 is 13.9 Å². The Morgan fingerprint density at radius 2 is 2.17 bits per heavy atom. The van der Waals surface area contributed by atoms with E-state index in [0.717, 1.165) is 0 Å². The summed E-state index contributed by atoms with van der Waals surface area (Å²) in [5, 5.41) is 0. The lowest BCUT2D eigenvalue weighted by molar-refractivity contribution is 0.0508. The molecular weight excluding hydrogens is 235 g/mol. The molecule has 0 N–H and O–H groups in total. The van der Waals surface area contributed by atoms with Crippen molar-refractivity contribution in [2.24, 2.45) is 7.05 Å². The molecule has 4 nitrogen and oxygen atoms in total. The van der Waals surface area contributed by atoms with Gasteiger partial charge in [-0.15, -0.1) is 0 Å². The summed E-state index contributed by atoms with van der Waals surface area (Å²) < 4.78 is 20.1. The minimum Gasteiger partial charge on any atom is -0.460 e. The van der Waals surface area contributed by atoms with Crippen molar-refractivity contribution in [3.63, 3.8) is 0 Å². The molecule has 1 aromatic carbocycles. The van der Waals surface area contributed by atoms with Crippen LogP contribution in [-0.4, -0.2) is 22.1 Å². The lowest BCUT2D eigenvalue weighted by atomic mass is 10.1. The molecule has 0 atom stereocenters. The maximum atomic E-state index is 13.7. The standard InChI is InChI=1S/C13H13FN2O2/c1-3-18-13(17)12-15-8-11(16(12)2)9-6-4-5-7-10(9)14/h4-8H,3H2,1-2H3. The number of aromatic nitrogens is 2. The van der Waals surface area contributed by atoms with Crippen LogP contribution in [0, 0.1) is 5.82 Å². The summed E-state index contributed by atoms with van der Waals surface area (Å²) in [5.41, 5.74) is 0.944. The molecule has 0 aliphatic carbocycles. The molecular formula is C13H13FN2O2. The van der Waals surface area contributed by atoms with E-state index in [9.17, 15) is 9.18 Å². The molecule has 2 rings (SSSR count). The van der Waals surface area contributed by atoms with E-state index in [4.69, 9.17) is 4.74 Å². The van der Waals surface area contributed by atoms with Crippen LogP contribution in [0.4, 0.5) is 4.39 Å². The third-order valence-corrected chi connectivity index (χ3v) is 2.60. The van der Waals surface area contributed by atoms with E-state index in [1.807, 2.05) is 0 Å². The lowest BCUT2D eigenvalue weighted by Gasteiger charge is -2.06. The normalized spacial score (nSPS) is 10.4. The topological polar surface area (TPSA) is 44.1 Å². The number of hydrogen-bond donors (Lipinski definition) is 0. The van der Waals surface area contributed by atoms with Crippen molar-refractivity contribution in [2.45, 2.75) is 6.92 Å². The van der Waals surface area contributed by atoms with E-state index >= 15 is 0 Å². The van der Waals surface area contributed by atoms with Gasteiger partial charge in [0.15, 0.2) is 0 Å².